The third-order valence-corrected chi connectivity index (χ3v) is 4.53. The fourth-order valence-corrected chi connectivity index (χ4v) is 3.17. The molecule has 1 heterocycles. The number of hydrogen-bond donors (Lipinski definition) is 1. The number of nitro groups is 1. The van der Waals surface area contributed by atoms with Crippen molar-refractivity contribution in [1.29, 1.82) is 5.26 Å². The molecule has 0 radical (unpaired) electrons. The van der Waals surface area contributed by atoms with Gasteiger partial charge in [-0.3, -0.25) is 10.1 Å². The first-order chi connectivity index (χ1) is 12.6. The molecule has 8 heteroatoms. The van der Waals surface area contributed by atoms with Gasteiger partial charge in [0.05, 0.1) is 10.6 Å². The SMILES string of the molecule is N#C/C(=C\Nc1cccc(Cl)c1)c1nc(-c2cccc([N+](=O)[O-])c2)cs1. The van der Waals surface area contributed by atoms with Crippen molar-refractivity contribution in [3.05, 3.63) is 80.3 Å². The van der Waals surface area contributed by atoms with Crippen LogP contribution in [0.2, 0.25) is 5.02 Å². The highest BCUT2D eigenvalue weighted by Crippen LogP contribution is 2.28. The summed E-state index contributed by atoms with van der Waals surface area (Å²) >= 11 is 7.23. The summed E-state index contributed by atoms with van der Waals surface area (Å²) in [7, 11) is 0. The van der Waals surface area contributed by atoms with Gasteiger partial charge in [-0.15, -0.1) is 11.3 Å². The van der Waals surface area contributed by atoms with Crippen molar-refractivity contribution in [2.75, 3.05) is 5.32 Å². The molecule has 0 unspecified atom stereocenters. The van der Waals surface area contributed by atoms with Crippen LogP contribution >= 0.6 is 22.9 Å². The lowest BCUT2D eigenvalue weighted by atomic mass is 10.1. The van der Waals surface area contributed by atoms with E-state index in [2.05, 4.69) is 16.4 Å². The van der Waals surface area contributed by atoms with Gasteiger partial charge in [0.15, 0.2) is 0 Å². The van der Waals surface area contributed by atoms with Gasteiger partial charge in [-0.25, -0.2) is 4.98 Å². The molecular weight excluding hydrogens is 372 g/mol. The van der Waals surface area contributed by atoms with E-state index in [1.807, 2.05) is 6.07 Å². The Balaban J connectivity index is 1.85. The molecule has 26 heavy (non-hydrogen) atoms. The second kappa shape index (κ2) is 7.78. The molecule has 0 spiro atoms. The van der Waals surface area contributed by atoms with Gasteiger partial charge in [0.25, 0.3) is 5.69 Å². The predicted molar refractivity (Wildman–Crippen MR) is 103 cm³/mol. The fraction of sp³-hybridized carbons (Fsp3) is 0. The van der Waals surface area contributed by atoms with E-state index in [1.165, 1.54) is 23.5 Å². The standard InChI is InChI=1S/C18H11ClN4O2S/c19-14-4-2-5-15(8-14)21-10-13(9-20)18-22-17(11-26-18)12-3-1-6-16(7-12)23(24)25/h1-8,10-11,21H/b13-10+. The minimum absolute atomic E-state index is 0.00396. The number of aromatic nitrogens is 1. The van der Waals surface area contributed by atoms with Crippen LogP contribution in [0.25, 0.3) is 16.8 Å². The molecule has 6 nitrogen and oxygen atoms in total. The van der Waals surface area contributed by atoms with Crippen LogP contribution in [-0.2, 0) is 0 Å². The maximum Gasteiger partial charge on any atom is 0.270 e. The van der Waals surface area contributed by atoms with Crippen LogP contribution in [0.4, 0.5) is 11.4 Å². The Morgan fingerprint density at radius 3 is 2.85 bits per heavy atom. The van der Waals surface area contributed by atoms with E-state index in [-0.39, 0.29) is 5.69 Å². The number of non-ortho nitro benzene ring substituents is 1. The number of rotatable bonds is 5. The monoisotopic (exact) mass is 382 g/mol. The molecule has 0 fully saturated rings. The summed E-state index contributed by atoms with van der Waals surface area (Å²) in [6, 6.07) is 15.5. The number of halogens is 1. The van der Waals surface area contributed by atoms with E-state index in [4.69, 9.17) is 11.6 Å². The molecular formula is C18H11ClN4O2S. The van der Waals surface area contributed by atoms with Gasteiger partial charge in [-0.1, -0.05) is 29.8 Å². The van der Waals surface area contributed by atoms with Crippen molar-refractivity contribution in [3.63, 3.8) is 0 Å². The lowest BCUT2D eigenvalue weighted by Crippen LogP contribution is -1.91. The van der Waals surface area contributed by atoms with Crippen LogP contribution in [0, 0.1) is 21.4 Å². The molecule has 3 rings (SSSR count). The van der Waals surface area contributed by atoms with Gasteiger partial charge >= 0.3 is 0 Å². The van der Waals surface area contributed by atoms with Crippen LogP contribution in [0.3, 0.4) is 0 Å². The quantitative estimate of drug-likeness (QED) is 0.365. The van der Waals surface area contributed by atoms with E-state index in [0.717, 1.165) is 5.69 Å². The summed E-state index contributed by atoms with van der Waals surface area (Å²) in [5, 5.41) is 26.2. The van der Waals surface area contributed by atoms with E-state index in [9.17, 15) is 15.4 Å². The highest BCUT2D eigenvalue weighted by Gasteiger charge is 2.12. The molecule has 3 aromatic rings. The van der Waals surface area contributed by atoms with Crippen molar-refractivity contribution in [3.8, 4) is 17.3 Å². The number of hydrogen-bond acceptors (Lipinski definition) is 6. The maximum absolute atomic E-state index is 10.9. The maximum atomic E-state index is 10.9. The molecule has 0 saturated carbocycles. The average Bonchev–Trinajstić information content (AvgIpc) is 3.12. The normalized spacial score (nSPS) is 11.0. The summed E-state index contributed by atoms with van der Waals surface area (Å²) in [5.74, 6) is 0. The van der Waals surface area contributed by atoms with Gasteiger partial charge in [-0.2, -0.15) is 5.26 Å². The van der Waals surface area contributed by atoms with Gasteiger partial charge in [0.1, 0.15) is 16.6 Å². The Bertz CT molecular complexity index is 1040. The fourth-order valence-electron chi connectivity index (χ4n) is 2.18. The summed E-state index contributed by atoms with van der Waals surface area (Å²) in [6.07, 6.45) is 1.56. The second-order valence-corrected chi connectivity index (χ2v) is 6.46. The minimum Gasteiger partial charge on any atom is -0.360 e. The van der Waals surface area contributed by atoms with Crippen LogP contribution in [-0.4, -0.2) is 9.91 Å². The molecule has 1 N–H and O–H groups in total. The molecule has 0 amide bonds. The molecule has 1 aromatic heterocycles. The highest BCUT2D eigenvalue weighted by molar-refractivity contribution is 7.11. The van der Waals surface area contributed by atoms with E-state index >= 15 is 0 Å². The number of anilines is 1. The first-order valence-electron chi connectivity index (χ1n) is 7.40. The Labute approximate surface area is 158 Å². The van der Waals surface area contributed by atoms with Gasteiger partial charge in [-0.05, 0) is 18.2 Å². The number of nitrogens with zero attached hydrogens (tertiary/aromatic N) is 3. The second-order valence-electron chi connectivity index (χ2n) is 5.17. The summed E-state index contributed by atoms with van der Waals surface area (Å²) in [5.41, 5.74) is 2.31. The zero-order valence-electron chi connectivity index (χ0n) is 13.2. The van der Waals surface area contributed by atoms with Crippen molar-refractivity contribution in [1.82, 2.24) is 4.98 Å². The minimum atomic E-state index is -0.452. The predicted octanol–water partition coefficient (Wildman–Crippen LogP) is 5.35. The van der Waals surface area contributed by atoms with Crippen LogP contribution in [0.5, 0.6) is 0 Å². The summed E-state index contributed by atoms with van der Waals surface area (Å²) < 4.78 is 0. The molecule has 0 saturated heterocycles. The van der Waals surface area contributed by atoms with Crippen LogP contribution in [0.15, 0.2) is 60.1 Å². The van der Waals surface area contributed by atoms with Crippen molar-refractivity contribution < 1.29 is 4.92 Å². The smallest absolute Gasteiger partial charge is 0.270 e. The molecule has 0 atom stereocenters. The number of allylic oxidation sites excluding steroid dienone is 1. The molecule has 0 aliphatic carbocycles. The topological polar surface area (TPSA) is 91.8 Å². The van der Waals surface area contributed by atoms with E-state index < -0.39 is 4.92 Å². The zero-order valence-corrected chi connectivity index (χ0v) is 14.8. The van der Waals surface area contributed by atoms with E-state index in [1.54, 1.807) is 41.9 Å². The molecule has 0 aliphatic rings. The third-order valence-electron chi connectivity index (χ3n) is 3.42. The van der Waals surface area contributed by atoms with E-state index in [0.29, 0.717) is 26.9 Å². The summed E-state index contributed by atoms with van der Waals surface area (Å²) in [6.45, 7) is 0. The number of nitriles is 1. The zero-order chi connectivity index (χ0) is 18.5. The Morgan fingerprint density at radius 2 is 2.12 bits per heavy atom. The molecule has 128 valence electrons. The molecule has 0 aliphatic heterocycles. The lowest BCUT2D eigenvalue weighted by Gasteiger charge is -2.01. The van der Waals surface area contributed by atoms with Gasteiger partial charge in [0, 0.05) is 40.0 Å². The number of thiazole rings is 1. The Kier molecular flexibility index (Phi) is 5.27. The highest BCUT2D eigenvalue weighted by atomic mass is 35.5. The van der Waals surface area contributed by atoms with Crippen molar-refractivity contribution in [2.45, 2.75) is 0 Å². The largest absolute Gasteiger partial charge is 0.360 e. The van der Waals surface area contributed by atoms with Crippen LogP contribution in [0.1, 0.15) is 5.01 Å². The lowest BCUT2D eigenvalue weighted by molar-refractivity contribution is -0.384. The first kappa shape index (κ1) is 17.6. The van der Waals surface area contributed by atoms with Gasteiger partial charge < -0.3 is 5.32 Å². The number of benzene rings is 2. The molecule has 2 aromatic carbocycles. The Hall–Kier alpha value is -3.21. The average molecular weight is 383 g/mol. The third kappa shape index (κ3) is 4.06. The van der Waals surface area contributed by atoms with Crippen molar-refractivity contribution >= 4 is 39.9 Å². The Morgan fingerprint density at radius 1 is 1.31 bits per heavy atom. The van der Waals surface area contributed by atoms with Crippen LogP contribution < -0.4 is 5.32 Å². The first-order valence-corrected chi connectivity index (χ1v) is 8.65. The number of nitro benzene ring substituents is 1. The van der Waals surface area contributed by atoms with Crippen molar-refractivity contribution in [2.24, 2.45) is 0 Å². The van der Waals surface area contributed by atoms with Gasteiger partial charge in [0.2, 0.25) is 0 Å². The molecule has 0 bridgehead atoms. The summed E-state index contributed by atoms with van der Waals surface area (Å²) in [4.78, 5) is 14.9. The number of nitrogens with one attached hydrogen (secondary N) is 1.